The van der Waals surface area contributed by atoms with E-state index in [4.69, 9.17) is 0 Å². The first-order chi connectivity index (χ1) is 5.12. The van der Waals surface area contributed by atoms with Crippen molar-refractivity contribution in [2.75, 3.05) is 0 Å². The summed E-state index contributed by atoms with van der Waals surface area (Å²) >= 11 is 0. The number of alkyl halides is 5. The fraction of sp³-hybridized carbons (Fsp3) is 1.00. The minimum Gasteiger partial charge on any atom is -0.180 e. The highest BCUT2D eigenvalue weighted by atomic mass is 32.3. The smallest absolute Gasteiger partial charge is 0.180 e. The zero-order valence-corrected chi connectivity index (χ0v) is 5.82. The van der Waals surface area contributed by atoms with Gasteiger partial charge in [0, 0.05) is 0 Å². The number of hydrogen-bond donors (Lipinski definition) is 0. The standard InChI is InChI=1S/C2HF5O4S/c3-1(4)10-12(8,9)11-2(5,6)7/h1H. The second-order valence-electron chi connectivity index (χ2n) is 1.29. The van der Waals surface area contributed by atoms with E-state index in [-0.39, 0.29) is 0 Å². The Hall–Kier alpha value is -0.480. The summed E-state index contributed by atoms with van der Waals surface area (Å²) in [6, 6.07) is 0. The van der Waals surface area contributed by atoms with Crippen molar-refractivity contribution in [3.05, 3.63) is 0 Å². The van der Waals surface area contributed by atoms with Crippen molar-refractivity contribution in [1.82, 2.24) is 0 Å². The molecule has 0 aliphatic heterocycles. The molecular weight excluding hydrogens is 215 g/mol. The zero-order chi connectivity index (χ0) is 9.99. The highest BCUT2D eigenvalue weighted by molar-refractivity contribution is 7.81. The third-order valence-electron chi connectivity index (χ3n) is 0.387. The van der Waals surface area contributed by atoms with Crippen LogP contribution in [0.1, 0.15) is 0 Å². The summed E-state index contributed by atoms with van der Waals surface area (Å²) in [5.74, 6) is 0. The summed E-state index contributed by atoms with van der Waals surface area (Å²) < 4.78 is 79.7. The summed E-state index contributed by atoms with van der Waals surface area (Å²) in [7, 11) is -5.71. The molecule has 0 N–H and O–H groups in total. The van der Waals surface area contributed by atoms with Crippen LogP contribution in [0.2, 0.25) is 0 Å². The van der Waals surface area contributed by atoms with Crippen molar-refractivity contribution in [2.24, 2.45) is 0 Å². The van der Waals surface area contributed by atoms with Gasteiger partial charge in [0.15, 0.2) is 0 Å². The van der Waals surface area contributed by atoms with Crippen LogP contribution in [0.4, 0.5) is 22.0 Å². The van der Waals surface area contributed by atoms with E-state index in [0.29, 0.717) is 0 Å². The molecule has 0 unspecified atom stereocenters. The van der Waals surface area contributed by atoms with Gasteiger partial charge >= 0.3 is 23.4 Å². The highest BCUT2D eigenvalue weighted by Crippen LogP contribution is 2.21. The van der Waals surface area contributed by atoms with E-state index in [9.17, 15) is 30.4 Å². The second kappa shape index (κ2) is 3.49. The van der Waals surface area contributed by atoms with Gasteiger partial charge in [-0.25, -0.2) is 0 Å². The van der Waals surface area contributed by atoms with E-state index in [1.165, 1.54) is 0 Å². The molecular formula is C2HF5O4S. The van der Waals surface area contributed by atoms with Crippen molar-refractivity contribution in [1.29, 1.82) is 0 Å². The molecule has 10 heteroatoms. The Kier molecular flexibility index (Phi) is 3.35. The van der Waals surface area contributed by atoms with Crippen molar-refractivity contribution in [2.45, 2.75) is 13.0 Å². The van der Waals surface area contributed by atoms with Crippen LogP contribution in [-0.4, -0.2) is 21.4 Å². The molecule has 0 aromatic heterocycles. The molecule has 0 saturated carbocycles. The van der Waals surface area contributed by atoms with Gasteiger partial charge in [0.25, 0.3) is 0 Å². The molecule has 0 aliphatic rings. The van der Waals surface area contributed by atoms with Gasteiger partial charge in [-0.2, -0.15) is 21.4 Å². The fourth-order valence-corrected chi connectivity index (χ4v) is 0.673. The van der Waals surface area contributed by atoms with Gasteiger partial charge in [-0.15, -0.1) is 17.4 Å². The lowest BCUT2D eigenvalue weighted by atomic mass is 11.4. The summed E-state index contributed by atoms with van der Waals surface area (Å²) in [5, 5.41) is 0. The molecule has 4 nitrogen and oxygen atoms in total. The lowest BCUT2D eigenvalue weighted by Gasteiger charge is -2.06. The molecule has 0 rings (SSSR count). The van der Waals surface area contributed by atoms with Crippen LogP contribution in [0.5, 0.6) is 0 Å². The van der Waals surface area contributed by atoms with Gasteiger partial charge in [-0.05, 0) is 0 Å². The Balaban J connectivity index is 4.26. The highest BCUT2D eigenvalue weighted by Gasteiger charge is 2.39. The molecule has 0 saturated heterocycles. The Bertz CT molecular complexity index is 228. The lowest BCUT2D eigenvalue weighted by molar-refractivity contribution is -0.277. The Labute approximate surface area is 63.2 Å². The van der Waals surface area contributed by atoms with Crippen LogP contribution in [0.25, 0.3) is 0 Å². The number of halogens is 5. The summed E-state index contributed by atoms with van der Waals surface area (Å²) in [4.78, 5) is 0. The third-order valence-corrected chi connectivity index (χ3v) is 1.16. The van der Waals surface area contributed by atoms with Crippen LogP contribution in [-0.2, 0) is 18.8 Å². The molecule has 12 heavy (non-hydrogen) atoms. The van der Waals surface area contributed by atoms with E-state index in [2.05, 4.69) is 8.37 Å². The van der Waals surface area contributed by atoms with Crippen LogP contribution >= 0.6 is 0 Å². The quantitative estimate of drug-likeness (QED) is 0.660. The maximum atomic E-state index is 11.1. The second-order valence-corrected chi connectivity index (χ2v) is 2.47. The van der Waals surface area contributed by atoms with Gasteiger partial charge in [0.05, 0.1) is 0 Å². The molecule has 0 aliphatic carbocycles. The molecule has 0 heterocycles. The van der Waals surface area contributed by atoms with Crippen LogP contribution in [0, 0.1) is 0 Å². The van der Waals surface area contributed by atoms with Gasteiger partial charge in [0.2, 0.25) is 0 Å². The molecule has 0 atom stereocenters. The van der Waals surface area contributed by atoms with E-state index in [1.54, 1.807) is 0 Å². The molecule has 74 valence electrons. The minimum atomic E-state index is -5.71. The van der Waals surface area contributed by atoms with Crippen LogP contribution in [0.3, 0.4) is 0 Å². The van der Waals surface area contributed by atoms with E-state index < -0.39 is 23.4 Å². The monoisotopic (exact) mass is 216 g/mol. The molecule has 0 radical (unpaired) electrons. The average Bonchev–Trinajstić information content (AvgIpc) is 1.48. The molecule has 0 amide bonds. The Morgan fingerprint density at radius 1 is 1.17 bits per heavy atom. The van der Waals surface area contributed by atoms with Crippen LogP contribution in [0.15, 0.2) is 0 Å². The number of rotatable bonds is 3. The molecule has 0 aromatic rings. The number of hydrogen-bond acceptors (Lipinski definition) is 4. The SMILES string of the molecule is O=S(=O)(OC(F)F)OC(F)(F)F. The first-order valence-electron chi connectivity index (χ1n) is 2.11. The maximum absolute atomic E-state index is 11.1. The minimum absolute atomic E-state index is 2.21. The first kappa shape index (κ1) is 11.5. The molecule has 0 bridgehead atoms. The van der Waals surface area contributed by atoms with Crippen molar-refractivity contribution in [3.63, 3.8) is 0 Å². The molecule has 0 fully saturated rings. The van der Waals surface area contributed by atoms with Gasteiger partial charge in [0.1, 0.15) is 0 Å². The Morgan fingerprint density at radius 3 is 1.83 bits per heavy atom. The lowest BCUT2D eigenvalue weighted by Crippen LogP contribution is -2.23. The largest absolute Gasteiger partial charge is 0.538 e. The van der Waals surface area contributed by atoms with E-state index >= 15 is 0 Å². The van der Waals surface area contributed by atoms with Gasteiger partial charge < -0.3 is 0 Å². The van der Waals surface area contributed by atoms with Crippen molar-refractivity contribution >= 4 is 10.4 Å². The average molecular weight is 216 g/mol. The van der Waals surface area contributed by atoms with Gasteiger partial charge in [-0.1, -0.05) is 0 Å². The fourth-order valence-electron chi connectivity index (χ4n) is 0.224. The molecule has 0 spiro atoms. The predicted molar refractivity (Wildman–Crippen MR) is 23.1 cm³/mol. The third kappa shape index (κ3) is 6.24. The first-order valence-corrected chi connectivity index (χ1v) is 3.44. The van der Waals surface area contributed by atoms with Crippen molar-refractivity contribution < 1.29 is 38.7 Å². The summed E-state index contributed by atoms with van der Waals surface area (Å²) in [6.45, 7) is -3.89. The van der Waals surface area contributed by atoms with E-state index in [1.807, 2.05) is 0 Å². The van der Waals surface area contributed by atoms with Crippen molar-refractivity contribution in [3.8, 4) is 0 Å². The van der Waals surface area contributed by atoms with Crippen LogP contribution < -0.4 is 0 Å². The molecule has 0 aromatic carbocycles. The van der Waals surface area contributed by atoms with Gasteiger partial charge in [-0.3, -0.25) is 0 Å². The van der Waals surface area contributed by atoms with E-state index in [0.717, 1.165) is 0 Å². The predicted octanol–water partition coefficient (Wildman–Crippen LogP) is 1.01. The zero-order valence-electron chi connectivity index (χ0n) is 5.01. The summed E-state index contributed by atoms with van der Waals surface area (Å²) in [5.41, 5.74) is 0. The Morgan fingerprint density at radius 2 is 1.58 bits per heavy atom. The normalized spacial score (nSPS) is 13.8. The maximum Gasteiger partial charge on any atom is 0.538 e. The topological polar surface area (TPSA) is 52.6 Å². The summed E-state index contributed by atoms with van der Waals surface area (Å²) in [6.07, 6.45) is -5.58.